The third-order valence-electron chi connectivity index (χ3n) is 7.28. The van der Waals surface area contributed by atoms with E-state index in [1.165, 1.54) is 36.5 Å². The lowest BCUT2D eigenvalue weighted by Gasteiger charge is -2.29. The van der Waals surface area contributed by atoms with Gasteiger partial charge in [0.25, 0.3) is 5.91 Å². The van der Waals surface area contributed by atoms with Crippen LogP contribution >= 0.6 is 23.2 Å². The zero-order chi connectivity index (χ0) is 30.4. The molecule has 0 saturated carbocycles. The number of fused-ring (bicyclic) bond motifs is 2. The first-order valence-corrected chi connectivity index (χ1v) is 13.7. The van der Waals surface area contributed by atoms with Gasteiger partial charge in [0.2, 0.25) is 11.8 Å². The fourth-order valence-electron chi connectivity index (χ4n) is 5.09. The molecule has 0 aliphatic carbocycles. The average Bonchev–Trinajstić information content (AvgIpc) is 3.30. The molecule has 0 radical (unpaired) electrons. The Morgan fingerprint density at radius 1 is 1.09 bits per heavy atom. The number of carbonyl (C=O) groups is 3. The Balaban J connectivity index is 1.26. The summed E-state index contributed by atoms with van der Waals surface area (Å²) >= 11 is 11.8. The molecule has 1 atom stereocenters. The van der Waals surface area contributed by atoms with Crippen molar-refractivity contribution in [3.8, 4) is 11.5 Å². The van der Waals surface area contributed by atoms with E-state index in [9.17, 15) is 18.8 Å². The largest absolute Gasteiger partial charge is 0.493 e. The Bertz CT molecular complexity index is 1840. The fraction of sp³-hybridized carbons (Fsp3) is 0.207. The van der Waals surface area contributed by atoms with Crippen LogP contribution in [0.5, 0.6) is 11.5 Å². The van der Waals surface area contributed by atoms with E-state index in [0.29, 0.717) is 22.2 Å². The number of nitrogens with zero attached hydrogens (tertiary/aromatic N) is 3. The van der Waals surface area contributed by atoms with E-state index < -0.39 is 35.4 Å². The summed E-state index contributed by atoms with van der Waals surface area (Å²) in [6.07, 6.45) is 1.60. The van der Waals surface area contributed by atoms with Gasteiger partial charge in [-0.2, -0.15) is 0 Å². The van der Waals surface area contributed by atoms with E-state index in [2.05, 4.69) is 20.6 Å². The molecule has 10 nitrogen and oxygen atoms in total. The van der Waals surface area contributed by atoms with Crippen molar-refractivity contribution in [1.29, 1.82) is 0 Å². The smallest absolute Gasteiger partial charge is 0.255 e. The number of imide groups is 1. The summed E-state index contributed by atoms with van der Waals surface area (Å²) in [7, 11) is 1.44. The number of ether oxygens (including phenoxy) is 2. The first-order chi connectivity index (χ1) is 20.6. The minimum atomic E-state index is -0.815. The summed E-state index contributed by atoms with van der Waals surface area (Å²) < 4.78 is 41.3. The Hall–Kier alpha value is -4.55. The van der Waals surface area contributed by atoms with Gasteiger partial charge in [0.05, 0.1) is 28.4 Å². The summed E-state index contributed by atoms with van der Waals surface area (Å²) in [5.74, 6) is -2.08. The van der Waals surface area contributed by atoms with Crippen molar-refractivity contribution in [3.63, 3.8) is 0 Å². The van der Waals surface area contributed by atoms with Crippen molar-refractivity contribution >= 4 is 63.3 Å². The molecular weight excluding hydrogens is 607 g/mol. The van der Waals surface area contributed by atoms with Crippen LogP contribution in [0.1, 0.15) is 34.3 Å². The Labute approximate surface area is 252 Å². The van der Waals surface area contributed by atoms with Gasteiger partial charge >= 0.3 is 0 Å². The number of piperidine rings is 1. The van der Waals surface area contributed by atoms with Crippen molar-refractivity contribution < 1.29 is 32.6 Å². The fourth-order valence-corrected chi connectivity index (χ4v) is 5.40. The molecule has 2 aliphatic rings. The van der Waals surface area contributed by atoms with E-state index in [0.717, 1.165) is 6.07 Å². The van der Waals surface area contributed by atoms with E-state index in [1.807, 2.05) is 0 Å². The van der Waals surface area contributed by atoms with Crippen molar-refractivity contribution in [3.05, 3.63) is 81.1 Å². The van der Waals surface area contributed by atoms with Gasteiger partial charge in [-0.15, -0.1) is 0 Å². The predicted octanol–water partition coefficient (Wildman–Crippen LogP) is 5.31. The number of rotatable bonds is 7. The lowest BCUT2D eigenvalue weighted by Crippen LogP contribution is -2.52. The number of amides is 3. The highest BCUT2D eigenvalue weighted by Crippen LogP contribution is 2.37. The molecule has 3 heterocycles. The van der Waals surface area contributed by atoms with E-state index >= 15 is 4.39 Å². The second kappa shape index (κ2) is 11.3. The zero-order valence-corrected chi connectivity index (χ0v) is 23.9. The summed E-state index contributed by atoms with van der Waals surface area (Å²) in [5, 5.41) is 5.40. The first kappa shape index (κ1) is 28.6. The molecule has 43 heavy (non-hydrogen) atoms. The SMILES string of the molecule is COc1cc2ncnc(Nc3ccc(Cl)c(Cl)c3F)c2cc1OCc1cc2c(cc1F)C(=O)N(C1CCC(=O)NC1=O)C2. The number of methoxy groups -OCH3 is 1. The number of nitrogens with one attached hydrogen (secondary N) is 2. The standard InChI is InChI=1S/C29H21Cl2F2N5O5/c1-42-22-9-20-16(27(35-12-34-20)36-19-3-2-17(30)25(31)26(19)33)8-23(22)43-11-14-6-13-10-38(29(41)15(13)7-18(14)32)21-4-5-24(39)37-28(21)40/h2-3,6-9,12,21H,4-5,10-11H2,1H3,(H,34,35,36)(H,37,39,40). The normalized spacial score (nSPS) is 16.3. The number of halogens is 4. The number of hydrogen-bond acceptors (Lipinski definition) is 8. The second-order valence-electron chi connectivity index (χ2n) is 9.88. The monoisotopic (exact) mass is 627 g/mol. The van der Waals surface area contributed by atoms with Crippen molar-refractivity contribution in [2.24, 2.45) is 0 Å². The van der Waals surface area contributed by atoms with Gasteiger partial charge in [0.15, 0.2) is 17.3 Å². The Morgan fingerprint density at radius 3 is 2.67 bits per heavy atom. The second-order valence-corrected chi connectivity index (χ2v) is 10.7. The molecule has 1 fully saturated rings. The van der Waals surface area contributed by atoms with Crippen LogP contribution in [0.3, 0.4) is 0 Å². The van der Waals surface area contributed by atoms with E-state index in [-0.39, 0.29) is 64.4 Å². The molecule has 2 N–H and O–H groups in total. The average molecular weight is 628 g/mol. The number of carbonyl (C=O) groups excluding carboxylic acids is 3. The molecule has 0 bridgehead atoms. The molecule has 1 aromatic heterocycles. The van der Waals surface area contributed by atoms with Gasteiger partial charge in [-0.1, -0.05) is 23.2 Å². The lowest BCUT2D eigenvalue weighted by atomic mass is 10.0. The van der Waals surface area contributed by atoms with Gasteiger partial charge < -0.3 is 19.7 Å². The van der Waals surface area contributed by atoms with Crippen LogP contribution < -0.4 is 20.1 Å². The third kappa shape index (κ3) is 5.28. The maximum Gasteiger partial charge on any atom is 0.255 e. The summed E-state index contributed by atoms with van der Waals surface area (Å²) in [4.78, 5) is 46.7. The Morgan fingerprint density at radius 2 is 1.91 bits per heavy atom. The van der Waals surface area contributed by atoms with Crippen LogP contribution in [0, 0.1) is 11.6 Å². The van der Waals surface area contributed by atoms with Gasteiger partial charge in [-0.3, -0.25) is 19.7 Å². The summed E-state index contributed by atoms with van der Waals surface area (Å²) in [6.45, 7) is -0.143. The number of anilines is 2. The highest BCUT2D eigenvalue weighted by molar-refractivity contribution is 6.42. The van der Waals surface area contributed by atoms with Crippen molar-refractivity contribution in [2.75, 3.05) is 12.4 Å². The highest BCUT2D eigenvalue weighted by Gasteiger charge is 2.39. The minimum absolute atomic E-state index is 0.0359. The molecule has 220 valence electrons. The van der Waals surface area contributed by atoms with Gasteiger partial charge in [0, 0.05) is 35.5 Å². The highest BCUT2D eigenvalue weighted by atomic mass is 35.5. The van der Waals surface area contributed by atoms with Crippen LogP contribution in [0.4, 0.5) is 20.3 Å². The van der Waals surface area contributed by atoms with Gasteiger partial charge in [-0.05, 0) is 42.3 Å². The van der Waals surface area contributed by atoms with Crippen LogP contribution in [0.25, 0.3) is 10.9 Å². The molecule has 6 rings (SSSR count). The van der Waals surface area contributed by atoms with Crippen LogP contribution in [0.15, 0.2) is 42.7 Å². The van der Waals surface area contributed by atoms with Gasteiger partial charge in [0.1, 0.15) is 30.6 Å². The van der Waals surface area contributed by atoms with Gasteiger partial charge in [-0.25, -0.2) is 18.7 Å². The number of benzene rings is 3. The zero-order valence-electron chi connectivity index (χ0n) is 22.3. The quantitative estimate of drug-likeness (QED) is 0.209. The van der Waals surface area contributed by atoms with Crippen LogP contribution in [0.2, 0.25) is 10.0 Å². The van der Waals surface area contributed by atoms with E-state index in [1.54, 1.807) is 12.1 Å². The molecular formula is C29H21Cl2F2N5O5. The predicted molar refractivity (Wildman–Crippen MR) is 153 cm³/mol. The Kier molecular flexibility index (Phi) is 7.49. The number of aromatic nitrogens is 2. The molecule has 1 saturated heterocycles. The molecule has 3 amide bonds. The molecule has 1 unspecified atom stereocenters. The third-order valence-corrected chi connectivity index (χ3v) is 8.06. The maximum absolute atomic E-state index is 15.2. The molecule has 0 spiro atoms. The van der Waals surface area contributed by atoms with Crippen molar-refractivity contribution in [2.45, 2.75) is 32.0 Å². The molecule has 14 heteroatoms. The lowest BCUT2D eigenvalue weighted by molar-refractivity contribution is -0.136. The maximum atomic E-state index is 15.2. The van der Waals surface area contributed by atoms with Crippen molar-refractivity contribution in [1.82, 2.24) is 20.2 Å². The molecule has 4 aromatic rings. The molecule has 3 aromatic carbocycles. The number of hydrogen-bond donors (Lipinski definition) is 2. The molecule has 2 aliphatic heterocycles. The summed E-state index contributed by atoms with van der Waals surface area (Å²) in [5.41, 5.74) is 1.34. The van der Waals surface area contributed by atoms with E-state index in [4.69, 9.17) is 32.7 Å². The first-order valence-electron chi connectivity index (χ1n) is 13.0. The van der Waals surface area contributed by atoms with Crippen LogP contribution in [-0.4, -0.2) is 45.7 Å². The topological polar surface area (TPSA) is 123 Å². The summed E-state index contributed by atoms with van der Waals surface area (Å²) in [6, 6.07) is 7.86. The minimum Gasteiger partial charge on any atom is -0.493 e. The van der Waals surface area contributed by atoms with Crippen LogP contribution in [-0.2, 0) is 22.7 Å².